The van der Waals surface area contributed by atoms with Crippen molar-refractivity contribution in [1.82, 2.24) is 9.78 Å². The molecule has 0 unspecified atom stereocenters. The third kappa shape index (κ3) is 2.52. The summed E-state index contributed by atoms with van der Waals surface area (Å²) in [5.41, 5.74) is 3.06. The van der Waals surface area contributed by atoms with Gasteiger partial charge in [-0.2, -0.15) is 0 Å². The Labute approximate surface area is 127 Å². The largest absolute Gasteiger partial charge is 0.475 e. The number of benzene rings is 1. The highest BCUT2D eigenvalue weighted by atomic mass is 35.5. The van der Waals surface area contributed by atoms with Crippen LogP contribution in [-0.2, 0) is 6.54 Å². The molecule has 6 heteroatoms. The number of aromatic nitrogens is 2. The molecule has 0 saturated carbocycles. The summed E-state index contributed by atoms with van der Waals surface area (Å²) < 4.78 is 7.16. The molecule has 21 heavy (non-hydrogen) atoms. The van der Waals surface area contributed by atoms with E-state index in [2.05, 4.69) is 5.10 Å². The Morgan fingerprint density at radius 3 is 2.52 bits per heavy atom. The number of carbonyl (C=O) groups is 1. The Hall–Kier alpha value is -2.27. The number of nitrogens with zero attached hydrogens (tertiary/aromatic N) is 2. The zero-order chi connectivity index (χ0) is 14.3. The lowest BCUT2D eigenvalue weighted by molar-refractivity contribution is 0.0663. The summed E-state index contributed by atoms with van der Waals surface area (Å²) in [7, 11) is 0. The topological polar surface area (TPSA) is 68.3 Å². The van der Waals surface area contributed by atoms with Crippen LogP contribution >= 0.6 is 12.4 Å². The number of aromatic carboxylic acids is 1. The Bertz CT molecular complexity index is 790. The number of fused-ring (bicyclic) bond motifs is 1. The molecule has 0 bridgehead atoms. The van der Waals surface area contributed by atoms with E-state index in [9.17, 15) is 4.79 Å². The second kappa shape index (κ2) is 5.61. The quantitative estimate of drug-likeness (QED) is 0.805. The normalized spacial score (nSPS) is 10.6. The summed E-state index contributed by atoms with van der Waals surface area (Å²) in [5, 5.41) is 14.2. The Morgan fingerprint density at radius 2 is 1.95 bits per heavy atom. The second-order valence-electron chi connectivity index (χ2n) is 4.77. The molecule has 0 amide bonds. The van der Waals surface area contributed by atoms with E-state index >= 15 is 0 Å². The molecule has 110 valence electrons. The highest BCUT2D eigenvalue weighted by molar-refractivity contribution is 5.94. The van der Waals surface area contributed by atoms with E-state index in [1.165, 1.54) is 0 Å². The fraction of sp³-hybridized carbons (Fsp3) is 0.200. The zero-order valence-electron chi connectivity index (χ0n) is 11.7. The maximum Gasteiger partial charge on any atom is 0.372 e. The van der Waals surface area contributed by atoms with Crippen LogP contribution in [0.2, 0.25) is 0 Å². The molecule has 0 aliphatic carbocycles. The minimum absolute atomic E-state index is 0. The maximum atomic E-state index is 11.0. The molecule has 0 aliphatic heterocycles. The van der Waals surface area contributed by atoms with Gasteiger partial charge in [0.1, 0.15) is 0 Å². The molecule has 2 aromatic heterocycles. The van der Waals surface area contributed by atoms with Gasteiger partial charge in [-0.05, 0) is 19.4 Å². The Kier molecular flexibility index (Phi) is 4.04. The summed E-state index contributed by atoms with van der Waals surface area (Å²) in [5.74, 6) is -1.09. The van der Waals surface area contributed by atoms with Crippen LogP contribution in [0.4, 0.5) is 0 Å². The summed E-state index contributed by atoms with van der Waals surface area (Å²) in [4.78, 5) is 11.0. The van der Waals surface area contributed by atoms with Gasteiger partial charge in [-0.15, -0.1) is 17.5 Å². The first-order valence-electron chi connectivity index (χ1n) is 6.31. The first-order valence-corrected chi connectivity index (χ1v) is 6.31. The summed E-state index contributed by atoms with van der Waals surface area (Å²) >= 11 is 0. The zero-order valence-corrected chi connectivity index (χ0v) is 12.5. The summed E-state index contributed by atoms with van der Waals surface area (Å²) in [6.07, 6.45) is 0. The van der Waals surface area contributed by atoms with Crippen LogP contribution in [0.3, 0.4) is 0 Å². The lowest BCUT2D eigenvalue weighted by Gasteiger charge is -2.04. The first kappa shape index (κ1) is 15.1. The summed E-state index contributed by atoms with van der Waals surface area (Å²) in [6, 6.07) is 9.98. The van der Waals surface area contributed by atoms with E-state index in [-0.39, 0.29) is 18.2 Å². The van der Waals surface area contributed by atoms with Gasteiger partial charge in [0, 0.05) is 11.3 Å². The molecule has 0 fully saturated rings. The van der Waals surface area contributed by atoms with Crippen molar-refractivity contribution in [3.63, 3.8) is 0 Å². The first-order chi connectivity index (χ1) is 9.58. The standard InChI is InChI=1S/C15H14N2O3.ClH/c1-9-12-10(2)17(8-11-6-4-3-5-7-11)16-14(12)20-13(9)15(18)19;/h3-7H,8H2,1-2H3,(H,18,19);1H. The molecular weight excluding hydrogens is 292 g/mol. The van der Waals surface area contributed by atoms with Crippen molar-refractivity contribution in [3.05, 3.63) is 52.9 Å². The third-order valence-electron chi connectivity index (χ3n) is 3.46. The van der Waals surface area contributed by atoms with E-state index in [1.807, 2.05) is 41.9 Å². The van der Waals surface area contributed by atoms with Crippen LogP contribution in [0, 0.1) is 13.8 Å². The van der Waals surface area contributed by atoms with Gasteiger partial charge in [-0.1, -0.05) is 30.3 Å². The van der Waals surface area contributed by atoms with Crippen LogP contribution < -0.4 is 0 Å². The Morgan fingerprint density at radius 1 is 1.29 bits per heavy atom. The second-order valence-corrected chi connectivity index (χ2v) is 4.77. The third-order valence-corrected chi connectivity index (χ3v) is 3.46. The van der Waals surface area contributed by atoms with Gasteiger partial charge in [-0.3, -0.25) is 4.68 Å². The van der Waals surface area contributed by atoms with Crippen LogP contribution in [0.25, 0.3) is 11.1 Å². The number of hydrogen-bond acceptors (Lipinski definition) is 3. The van der Waals surface area contributed by atoms with Crippen LogP contribution in [0.1, 0.15) is 27.4 Å². The van der Waals surface area contributed by atoms with Gasteiger partial charge in [0.15, 0.2) is 0 Å². The van der Waals surface area contributed by atoms with Gasteiger partial charge in [-0.25, -0.2) is 4.79 Å². The Balaban J connectivity index is 0.00000161. The number of furan rings is 1. The molecule has 0 aliphatic rings. The number of halogens is 1. The monoisotopic (exact) mass is 306 g/mol. The minimum atomic E-state index is -1.06. The average molecular weight is 307 g/mol. The predicted octanol–water partition coefficient (Wildman–Crippen LogP) is 3.41. The fourth-order valence-electron chi connectivity index (χ4n) is 2.42. The SMILES string of the molecule is Cc1c(C(=O)O)oc2nn(Cc3ccccc3)c(C)c12.Cl. The predicted molar refractivity (Wildman–Crippen MR) is 81.2 cm³/mol. The van der Waals surface area contributed by atoms with Crippen molar-refractivity contribution in [2.45, 2.75) is 20.4 Å². The number of carboxylic acids is 1. The van der Waals surface area contributed by atoms with Gasteiger partial charge in [0.05, 0.1) is 11.9 Å². The van der Waals surface area contributed by atoms with E-state index in [0.29, 0.717) is 17.8 Å². The van der Waals surface area contributed by atoms with Crippen molar-refractivity contribution < 1.29 is 14.3 Å². The average Bonchev–Trinajstić information content (AvgIpc) is 2.90. The number of aryl methyl sites for hydroxylation is 2. The molecule has 3 aromatic rings. The smallest absolute Gasteiger partial charge is 0.372 e. The van der Waals surface area contributed by atoms with E-state index in [4.69, 9.17) is 9.52 Å². The lowest BCUT2D eigenvalue weighted by atomic mass is 10.2. The van der Waals surface area contributed by atoms with Crippen LogP contribution in [-0.4, -0.2) is 20.9 Å². The molecule has 0 spiro atoms. The molecular formula is C15H15ClN2O3. The van der Waals surface area contributed by atoms with Crippen LogP contribution in [0.5, 0.6) is 0 Å². The van der Waals surface area contributed by atoms with Crippen molar-refractivity contribution in [3.8, 4) is 0 Å². The van der Waals surface area contributed by atoms with Crippen molar-refractivity contribution >= 4 is 29.5 Å². The van der Waals surface area contributed by atoms with E-state index in [1.54, 1.807) is 6.92 Å². The molecule has 3 rings (SSSR count). The lowest BCUT2D eigenvalue weighted by Crippen LogP contribution is -2.04. The number of carboxylic acid groups (broad SMARTS) is 1. The van der Waals surface area contributed by atoms with Gasteiger partial charge in [0.2, 0.25) is 11.5 Å². The minimum Gasteiger partial charge on any atom is -0.475 e. The fourth-order valence-corrected chi connectivity index (χ4v) is 2.42. The molecule has 0 saturated heterocycles. The van der Waals surface area contributed by atoms with Gasteiger partial charge in [0.25, 0.3) is 0 Å². The number of hydrogen-bond donors (Lipinski definition) is 1. The van der Waals surface area contributed by atoms with Crippen molar-refractivity contribution in [1.29, 1.82) is 0 Å². The molecule has 0 atom stereocenters. The van der Waals surface area contributed by atoms with Crippen molar-refractivity contribution in [2.24, 2.45) is 0 Å². The molecule has 2 heterocycles. The van der Waals surface area contributed by atoms with Crippen molar-refractivity contribution in [2.75, 3.05) is 0 Å². The van der Waals surface area contributed by atoms with E-state index in [0.717, 1.165) is 16.6 Å². The van der Waals surface area contributed by atoms with Gasteiger partial charge >= 0.3 is 5.97 Å². The van der Waals surface area contributed by atoms with Gasteiger partial charge < -0.3 is 9.52 Å². The highest BCUT2D eigenvalue weighted by Gasteiger charge is 2.21. The molecule has 5 nitrogen and oxygen atoms in total. The molecule has 1 N–H and O–H groups in total. The molecule has 0 radical (unpaired) electrons. The summed E-state index contributed by atoms with van der Waals surface area (Å²) in [6.45, 7) is 4.31. The van der Waals surface area contributed by atoms with Crippen LogP contribution in [0.15, 0.2) is 34.7 Å². The number of rotatable bonds is 3. The molecule has 1 aromatic carbocycles. The van der Waals surface area contributed by atoms with E-state index < -0.39 is 5.97 Å². The highest BCUT2D eigenvalue weighted by Crippen LogP contribution is 2.28. The maximum absolute atomic E-state index is 11.0.